The summed E-state index contributed by atoms with van der Waals surface area (Å²) in [5, 5.41) is 0. The molecular formula is C11H18O2. The maximum absolute atomic E-state index is 5.40. The van der Waals surface area contributed by atoms with Crippen LogP contribution in [0.1, 0.15) is 20.8 Å². The van der Waals surface area contributed by atoms with Gasteiger partial charge in [-0.05, 0) is 19.1 Å². The van der Waals surface area contributed by atoms with Gasteiger partial charge in [0.15, 0.2) is 11.5 Å². The van der Waals surface area contributed by atoms with Crippen LogP contribution in [0, 0.1) is 0 Å². The van der Waals surface area contributed by atoms with Crippen molar-refractivity contribution in [3.63, 3.8) is 0 Å². The Balaban J connectivity index is 0.000000671. The quantitative estimate of drug-likeness (QED) is 0.653. The monoisotopic (exact) mass is 182 g/mol. The van der Waals surface area contributed by atoms with Gasteiger partial charge in [0.2, 0.25) is 0 Å². The molecule has 0 amide bonds. The predicted octanol–water partition coefficient (Wildman–Crippen LogP) is 3.03. The Kier molecular flexibility index (Phi) is 5.77. The first kappa shape index (κ1) is 11.8. The SMILES string of the molecule is C=CC1=C(C=C)OC(C)CO1.CC. The lowest BCUT2D eigenvalue weighted by atomic mass is 10.3. The first-order chi connectivity index (χ1) is 6.27. The number of allylic oxidation sites excluding steroid dienone is 2. The normalized spacial score (nSPS) is 20.4. The van der Waals surface area contributed by atoms with E-state index in [1.54, 1.807) is 12.2 Å². The van der Waals surface area contributed by atoms with Crippen molar-refractivity contribution in [3.8, 4) is 0 Å². The lowest BCUT2D eigenvalue weighted by molar-refractivity contribution is 0.0189. The third-order valence-electron chi connectivity index (χ3n) is 1.42. The Labute approximate surface area is 80.5 Å². The Hall–Kier alpha value is -1.18. The highest BCUT2D eigenvalue weighted by Crippen LogP contribution is 2.18. The first-order valence-electron chi connectivity index (χ1n) is 4.56. The zero-order valence-electron chi connectivity index (χ0n) is 8.67. The minimum atomic E-state index is 0.103. The van der Waals surface area contributed by atoms with Crippen LogP contribution in [0.15, 0.2) is 36.8 Å². The molecule has 0 aromatic rings. The van der Waals surface area contributed by atoms with Crippen LogP contribution in [-0.4, -0.2) is 12.7 Å². The van der Waals surface area contributed by atoms with Gasteiger partial charge in [0, 0.05) is 0 Å². The molecule has 0 spiro atoms. The zero-order chi connectivity index (χ0) is 10.3. The predicted molar refractivity (Wildman–Crippen MR) is 55.3 cm³/mol. The summed E-state index contributed by atoms with van der Waals surface area (Å²) in [6.07, 6.45) is 3.36. The summed E-state index contributed by atoms with van der Waals surface area (Å²) in [6, 6.07) is 0. The first-order valence-corrected chi connectivity index (χ1v) is 4.56. The van der Waals surface area contributed by atoms with Crippen LogP contribution >= 0.6 is 0 Å². The van der Waals surface area contributed by atoms with Gasteiger partial charge in [-0.3, -0.25) is 0 Å². The highest BCUT2D eigenvalue weighted by Gasteiger charge is 2.15. The molecule has 0 N–H and O–H groups in total. The fourth-order valence-electron chi connectivity index (χ4n) is 0.895. The summed E-state index contributed by atoms with van der Waals surface area (Å²) < 4.78 is 10.7. The third kappa shape index (κ3) is 3.36. The minimum absolute atomic E-state index is 0.103. The number of rotatable bonds is 2. The number of ether oxygens (including phenoxy) is 2. The van der Waals surface area contributed by atoms with E-state index in [4.69, 9.17) is 9.47 Å². The second-order valence-electron chi connectivity index (χ2n) is 2.38. The average molecular weight is 182 g/mol. The largest absolute Gasteiger partial charge is 0.486 e. The van der Waals surface area contributed by atoms with Crippen LogP contribution in [0.2, 0.25) is 0 Å². The summed E-state index contributed by atoms with van der Waals surface area (Å²) in [5.41, 5.74) is 0. The number of hydrogen-bond acceptors (Lipinski definition) is 2. The molecule has 13 heavy (non-hydrogen) atoms. The van der Waals surface area contributed by atoms with E-state index >= 15 is 0 Å². The van der Waals surface area contributed by atoms with Crippen molar-refractivity contribution in [3.05, 3.63) is 36.8 Å². The molecule has 0 bridgehead atoms. The Morgan fingerprint density at radius 2 is 1.77 bits per heavy atom. The molecule has 0 saturated carbocycles. The molecule has 1 aliphatic heterocycles. The van der Waals surface area contributed by atoms with Gasteiger partial charge in [0.1, 0.15) is 12.7 Å². The van der Waals surface area contributed by atoms with Crippen molar-refractivity contribution in [1.82, 2.24) is 0 Å². The highest BCUT2D eigenvalue weighted by atomic mass is 16.6. The molecule has 0 saturated heterocycles. The second-order valence-corrected chi connectivity index (χ2v) is 2.38. The van der Waals surface area contributed by atoms with E-state index in [9.17, 15) is 0 Å². The van der Waals surface area contributed by atoms with E-state index in [-0.39, 0.29) is 6.10 Å². The maximum atomic E-state index is 5.40. The topological polar surface area (TPSA) is 18.5 Å². The Morgan fingerprint density at radius 1 is 1.23 bits per heavy atom. The fraction of sp³-hybridized carbons (Fsp3) is 0.455. The molecule has 1 heterocycles. The molecule has 2 heteroatoms. The molecule has 0 aliphatic carbocycles. The van der Waals surface area contributed by atoms with Crippen LogP contribution in [0.4, 0.5) is 0 Å². The van der Waals surface area contributed by atoms with E-state index in [2.05, 4.69) is 13.2 Å². The van der Waals surface area contributed by atoms with E-state index in [0.717, 1.165) is 0 Å². The molecule has 1 aliphatic rings. The third-order valence-corrected chi connectivity index (χ3v) is 1.42. The summed E-state index contributed by atoms with van der Waals surface area (Å²) in [4.78, 5) is 0. The molecule has 74 valence electrons. The van der Waals surface area contributed by atoms with Gasteiger partial charge in [-0.2, -0.15) is 0 Å². The molecule has 0 fully saturated rings. The van der Waals surface area contributed by atoms with Crippen molar-refractivity contribution in [1.29, 1.82) is 0 Å². The average Bonchev–Trinajstić information content (AvgIpc) is 2.20. The minimum Gasteiger partial charge on any atom is -0.486 e. The van der Waals surface area contributed by atoms with Gasteiger partial charge in [0.05, 0.1) is 0 Å². The van der Waals surface area contributed by atoms with Crippen LogP contribution in [-0.2, 0) is 9.47 Å². The standard InChI is InChI=1S/C9H12O2.C2H6/c1-4-8-9(5-2)11-7(3)6-10-8;1-2/h4-5,7H,1-2,6H2,3H3;1-2H3. The van der Waals surface area contributed by atoms with Crippen molar-refractivity contribution in [2.75, 3.05) is 6.61 Å². The van der Waals surface area contributed by atoms with E-state index < -0.39 is 0 Å². The molecule has 1 rings (SSSR count). The van der Waals surface area contributed by atoms with E-state index in [1.807, 2.05) is 20.8 Å². The van der Waals surface area contributed by atoms with Gasteiger partial charge >= 0.3 is 0 Å². The van der Waals surface area contributed by atoms with Crippen LogP contribution in [0.3, 0.4) is 0 Å². The van der Waals surface area contributed by atoms with Crippen molar-refractivity contribution in [2.45, 2.75) is 26.9 Å². The zero-order valence-corrected chi connectivity index (χ0v) is 8.67. The van der Waals surface area contributed by atoms with E-state index in [1.165, 1.54) is 0 Å². The van der Waals surface area contributed by atoms with Gasteiger partial charge in [-0.1, -0.05) is 27.0 Å². The summed E-state index contributed by atoms with van der Waals surface area (Å²) >= 11 is 0. The van der Waals surface area contributed by atoms with Crippen LogP contribution in [0.5, 0.6) is 0 Å². The molecule has 0 radical (unpaired) electrons. The summed E-state index contributed by atoms with van der Waals surface area (Å²) in [7, 11) is 0. The molecule has 1 atom stereocenters. The maximum Gasteiger partial charge on any atom is 0.161 e. The van der Waals surface area contributed by atoms with Crippen molar-refractivity contribution >= 4 is 0 Å². The van der Waals surface area contributed by atoms with Gasteiger partial charge in [-0.25, -0.2) is 0 Å². The summed E-state index contributed by atoms with van der Waals surface area (Å²) in [5.74, 6) is 1.36. The van der Waals surface area contributed by atoms with Gasteiger partial charge in [0.25, 0.3) is 0 Å². The van der Waals surface area contributed by atoms with Crippen LogP contribution < -0.4 is 0 Å². The molecule has 0 aromatic heterocycles. The Bertz CT molecular complexity index is 204. The van der Waals surface area contributed by atoms with Crippen molar-refractivity contribution in [2.24, 2.45) is 0 Å². The molecular weight excluding hydrogens is 164 g/mol. The molecule has 1 unspecified atom stereocenters. The van der Waals surface area contributed by atoms with Crippen molar-refractivity contribution < 1.29 is 9.47 Å². The molecule has 2 nitrogen and oxygen atoms in total. The number of hydrogen-bond donors (Lipinski definition) is 0. The second kappa shape index (κ2) is 6.35. The lowest BCUT2D eigenvalue weighted by Crippen LogP contribution is -2.21. The molecule has 0 aromatic carbocycles. The highest BCUT2D eigenvalue weighted by molar-refractivity contribution is 5.23. The summed E-state index contributed by atoms with van der Waals surface area (Å²) in [6.45, 7) is 13.7. The van der Waals surface area contributed by atoms with Gasteiger partial charge in [-0.15, -0.1) is 0 Å². The van der Waals surface area contributed by atoms with Crippen LogP contribution in [0.25, 0.3) is 0 Å². The fourth-order valence-corrected chi connectivity index (χ4v) is 0.895. The lowest BCUT2D eigenvalue weighted by Gasteiger charge is -2.23. The Morgan fingerprint density at radius 3 is 2.23 bits per heavy atom. The smallest absolute Gasteiger partial charge is 0.161 e. The van der Waals surface area contributed by atoms with Gasteiger partial charge < -0.3 is 9.47 Å². The van der Waals surface area contributed by atoms with E-state index in [0.29, 0.717) is 18.1 Å².